The average Bonchev–Trinajstić information content (AvgIpc) is 2.33. The average molecular weight is 254 g/mol. The van der Waals surface area contributed by atoms with Crippen LogP contribution in [0.5, 0.6) is 0 Å². The van der Waals surface area contributed by atoms with Crippen molar-refractivity contribution in [2.24, 2.45) is 5.92 Å². The monoisotopic (exact) mass is 254 g/mol. The van der Waals surface area contributed by atoms with Crippen LogP contribution >= 0.6 is 0 Å². The number of esters is 1. The van der Waals surface area contributed by atoms with Crippen molar-refractivity contribution in [1.29, 1.82) is 0 Å². The molecule has 0 aromatic heterocycles. The molecule has 0 aromatic rings. The lowest BCUT2D eigenvalue weighted by atomic mass is 10.2. The molecule has 4 nitrogen and oxygen atoms in total. The maximum atomic E-state index is 11.4. The summed E-state index contributed by atoms with van der Waals surface area (Å²) in [6, 6.07) is 0. The second-order valence-corrected chi connectivity index (χ2v) is 4.14. The van der Waals surface area contributed by atoms with Gasteiger partial charge in [-0.25, -0.2) is 0 Å². The highest BCUT2D eigenvalue weighted by atomic mass is 16.5. The molecule has 0 spiro atoms. The SMILES string of the molecule is CC=CCC(C)OC(=O)CC=CC(C)COC=O. The summed E-state index contributed by atoms with van der Waals surface area (Å²) in [7, 11) is 0. The molecule has 0 rings (SSSR count). The van der Waals surface area contributed by atoms with E-state index in [0.717, 1.165) is 6.42 Å². The van der Waals surface area contributed by atoms with Gasteiger partial charge in [-0.2, -0.15) is 0 Å². The molecule has 0 amide bonds. The third-order valence-corrected chi connectivity index (χ3v) is 2.21. The van der Waals surface area contributed by atoms with Crippen LogP contribution in [0.4, 0.5) is 0 Å². The Balaban J connectivity index is 3.81. The predicted octanol–water partition coefficient (Wildman–Crippen LogP) is 2.64. The van der Waals surface area contributed by atoms with Gasteiger partial charge in [0.2, 0.25) is 0 Å². The molecule has 2 unspecified atom stereocenters. The summed E-state index contributed by atoms with van der Waals surface area (Å²) in [6.07, 6.45) is 8.34. The standard InChI is InChI=1S/C14H22O4/c1-4-5-8-13(3)18-14(16)9-6-7-12(2)10-17-11-15/h4-7,11-13H,8-10H2,1-3H3. The van der Waals surface area contributed by atoms with Gasteiger partial charge in [0.05, 0.1) is 13.0 Å². The molecule has 0 fully saturated rings. The fourth-order valence-corrected chi connectivity index (χ4v) is 1.29. The lowest BCUT2D eigenvalue weighted by Gasteiger charge is -2.10. The van der Waals surface area contributed by atoms with Crippen LogP contribution in [0.15, 0.2) is 24.3 Å². The number of hydrogen-bond donors (Lipinski definition) is 0. The summed E-state index contributed by atoms with van der Waals surface area (Å²) >= 11 is 0. The van der Waals surface area contributed by atoms with E-state index in [4.69, 9.17) is 4.74 Å². The van der Waals surface area contributed by atoms with Gasteiger partial charge in [0.25, 0.3) is 6.47 Å². The molecule has 0 radical (unpaired) electrons. The van der Waals surface area contributed by atoms with Crippen molar-refractivity contribution in [1.82, 2.24) is 0 Å². The van der Waals surface area contributed by atoms with Gasteiger partial charge >= 0.3 is 5.97 Å². The third kappa shape index (κ3) is 9.63. The van der Waals surface area contributed by atoms with Gasteiger partial charge in [0.1, 0.15) is 6.10 Å². The molecular formula is C14H22O4. The van der Waals surface area contributed by atoms with Crippen molar-refractivity contribution >= 4 is 12.4 Å². The number of carbonyl (C=O) groups is 2. The van der Waals surface area contributed by atoms with Crippen LogP contribution in [0.3, 0.4) is 0 Å². The Morgan fingerprint density at radius 2 is 2.00 bits per heavy atom. The van der Waals surface area contributed by atoms with E-state index < -0.39 is 0 Å². The van der Waals surface area contributed by atoms with Gasteiger partial charge in [0, 0.05) is 12.3 Å². The van der Waals surface area contributed by atoms with Gasteiger partial charge in [0.15, 0.2) is 0 Å². The molecule has 2 atom stereocenters. The fraction of sp³-hybridized carbons (Fsp3) is 0.571. The summed E-state index contributed by atoms with van der Waals surface area (Å²) < 4.78 is 9.79. The van der Waals surface area contributed by atoms with Crippen molar-refractivity contribution < 1.29 is 19.1 Å². The van der Waals surface area contributed by atoms with Gasteiger partial charge in [-0.05, 0) is 13.8 Å². The summed E-state index contributed by atoms with van der Waals surface area (Å²) in [5.41, 5.74) is 0. The van der Waals surface area contributed by atoms with Crippen molar-refractivity contribution in [2.75, 3.05) is 6.61 Å². The first-order valence-electron chi connectivity index (χ1n) is 6.12. The minimum Gasteiger partial charge on any atom is -0.467 e. The normalized spacial score (nSPS) is 14.6. The maximum Gasteiger partial charge on any atom is 0.309 e. The molecule has 0 aromatic carbocycles. The lowest BCUT2D eigenvalue weighted by Crippen LogP contribution is -2.13. The molecule has 0 aliphatic heterocycles. The molecule has 4 heteroatoms. The molecule has 102 valence electrons. The minimum atomic E-state index is -0.244. The molecule has 0 bridgehead atoms. The predicted molar refractivity (Wildman–Crippen MR) is 69.9 cm³/mol. The minimum absolute atomic E-state index is 0.0991. The van der Waals surface area contributed by atoms with E-state index in [-0.39, 0.29) is 24.4 Å². The second kappa shape index (κ2) is 10.6. The fourth-order valence-electron chi connectivity index (χ4n) is 1.29. The highest BCUT2D eigenvalue weighted by Crippen LogP contribution is 2.03. The van der Waals surface area contributed by atoms with E-state index in [1.807, 2.05) is 39.0 Å². The lowest BCUT2D eigenvalue weighted by molar-refractivity contribution is -0.147. The molecule has 0 aliphatic carbocycles. The molecule has 0 saturated heterocycles. The number of rotatable bonds is 9. The van der Waals surface area contributed by atoms with Gasteiger partial charge in [-0.1, -0.05) is 31.2 Å². The highest BCUT2D eigenvalue weighted by molar-refractivity contribution is 5.71. The van der Waals surface area contributed by atoms with Gasteiger partial charge in [-0.15, -0.1) is 0 Å². The third-order valence-electron chi connectivity index (χ3n) is 2.21. The molecule has 0 N–H and O–H groups in total. The van der Waals surface area contributed by atoms with E-state index in [1.54, 1.807) is 6.08 Å². The van der Waals surface area contributed by atoms with Gasteiger partial charge in [-0.3, -0.25) is 9.59 Å². The van der Waals surface area contributed by atoms with Crippen molar-refractivity contribution in [2.45, 2.75) is 39.7 Å². The number of carbonyl (C=O) groups excluding carboxylic acids is 2. The Kier molecular flexibility index (Phi) is 9.64. The van der Waals surface area contributed by atoms with Crippen LogP contribution in [0, 0.1) is 5.92 Å². The largest absolute Gasteiger partial charge is 0.467 e. The van der Waals surface area contributed by atoms with Crippen LogP contribution in [-0.2, 0) is 19.1 Å². The zero-order valence-electron chi connectivity index (χ0n) is 11.3. The molecular weight excluding hydrogens is 232 g/mol. The summed E-state index contributed by atoms with van der Waals surface area (Å²) in [5, 5.41) is 0. The van der Waals surface area contributed by atoms with Crippen LogP contribution in [-0.4, -0.2) is 25.2 Å². The zero-order chi connectivity index (χ0) is 13.8. The number of allylic oxidation sites excluding steroid dienone is 1. The quantitative estimate of drug-likeness (QED) is 0.360. The van der Waals surface area contributed by atoms with Crippen LogP contribution < -0.4 is 0 Å². The Morgan fingerprint density at radius 1 is 1.28 bits per heavy atom. The Bertz CT molecular complexity index is 294. The highest BCUT2D eigenvalue weighted by Gasteiger charge is 2.06. The van der Waals surface area contributed by atoms with Crippen molar-refractivity contribution in [3.05, 3.63) is 24.3 Å². The Hall–Kier alpha value is -1.58. The number of hydrogen-bond acceptors (Lipinski definition) is 4. The van der Waals surface area contributed by atoms with E-state index in [0.29, 0.717) is 13.1 Å². The van der Waals surface area contributed by atoms with E-state index >= 15 is 0 Å². The van der Waals surface area contributed by atoms with E-state index in [2.05, 4.69) is 4.74 Å². The van der Waals surface area contributed by atoms with Gasteiger partial charge < -0.3 is 9.47 Å². The molecule has 0 saturated carbocycles. The topological polar surface area (TPSA) is 52.6 Å². The summed E-state index contributed by atoms with van der Waals surface area (Å²) in [6.45, 7) is 6.44. The van der Waals surface area contributed by atoms with Crippen LogP contribution in [0.2, 0.25) is 0 Å². The molecule has 0 aliphatic rings. The number of ether oxygens (including phenoxy) is 2. The second-order valence-electron chi connectivity index (χ2n) is 4.14. The first-order chi connectivity index (χ1) is 8.60. The Morgan fingerprint density at radius 3 is 2.61 bits per heavy atom. The maximum absolute atomic E-state index is 11.4. The van der Waals surface area contributed by atoms with Crippen molar-refractivity contribution in [3.8, 4) is 0 Å². The van der Waals surface area contributed by atoms with Crippen molar-refractivity contribution in [3.63, 3.8) is 0 Å². The first kappa shape index (κ1) is 16.4. The van der Waals surface area contributed by atoms with Crippen LogP contribution in [0.1, 0.15) is 33.6 Å². The molecule has 0 heterocycles. The Labute approximate surface area is 109 Å². The molecule has 18 heavy (non-hydrogen) atoms. The van der Waals surface area contributed by atoms with Crippen LogP contribution in [0.25, 0.3) is 0 Å². The zero-order valence-corrected chi connectivity index (χ0v) is 11.3. The summed E-state index contributed by atoms with van der Waals surface area (Å²) in [4.78, 5) is 21.4. The van der Waals surface area contributed by atoms with E-state index in [1.165, 1.54) is 0 Å². The smallest absolute Gasteiger partial charge is 0.309 e. The van der Waals surface area contributed by atoms with E-state index in [9.17, 15) is 9.59 Å². The summed E-state index contributed by atoms with van der Waals surface area (Å²) in [5.74, 6) is -0.143. The first-order valence-corrected chi connectivity index (χ1v) is 6.12.